The third-order valence-electron chi connectivity index (χ3n) is 4.73. The van der Waals surface area contributed by atoms with E-state index in [9.17, 15) is 0 Å². The standard InChI is InChI=1S/C21H29N5O2S/c1-14-24-16(13-29-14)12-26(3)21(22-2)23-8-6-7-15-9-18-19(25-15)10-17(27-4)11-20(18)28-5/h9-11,13,25H,6-8,12H2,1-5H3,(H,22,23). The first-order chi connectivity index (χ1) is 14.0. The molecule has 2 heterocycles. The number of aryl methyl sites for hydroxylation is 2. The van der Waals surface area contributed by atoms with Crippen LogP contribution >= 0.6 is 11.3 Å². The summed E-state index contributed by atoms with van der Waals surface area (Å²) in [4.78, 5) is 14.5. The van der Waals surface area contributed by atoms with Crippen LogP contribution in [-0.4, -0.2) is 55.7 Å². The molecule has 2 aromatic heterocycles. The van der Waals surface area contributed by atoms with E-state index in [1.807, 2.05) is 33.2 Å². The Morgan fingerprint density at radius 1 is 1.28 bits per heavy atom. The zero-order valence-corrected chi connectivity index (χ0v) is 18.5. The third kappa shape index (κ3) is 5.20. The van der Waals surface area contributed by atoms with E-state index in [2.05, 4.69) is 36.6 Å². The maximum atomic E-state index is 5.49. The molecular weight excluding hydrogens is 386 g/mol. The van der Waals surface area contributed by atoms with Crippen LogP contribution in [0.3, 0.4) is 0 Å². The molecular formula is C21H29N5O2S. The van der Waals surface area contributed by atoms with Crippen molar-refractivity contribution in [2.75, 3.05) is 34.9 Å². The number of aliphatic imine (C=N–C) groups is 1. The van der Waals surface area contributed by atoms with Gasteiger partial charge in [-0.25, -0.2) is 4.98 Å². The Labute approximate surface area is 175 Å². The van der Waals surface area contributed by atoms with Crippen molar-refractivity contribution in [3.05, 3.63) is 40.0 Å². The van der Waals surface area contributed by atoms with Crippen LogP contribution in [0.15, 0.2) is 28.6 Å². The Bertz CT molecular complexity index is 979. The van der Waals surface area contributed by atoms with Gasteiger partial charge in [-0.3, -0.25) is 4.99 Å². The van der Waals surface area contributed by atoms with Crippen LogP contribution in [0, 0.1) is 6.92 Å². The number of aromatic amines is 1. The highest BCUT2D eigenvalue weighted by atomic mass is 32.1. The second-order valence-corrected chi connectivity index (χ2v) is 7.94. The van der Waals surface area contributed by atoms with Crippen LogP contribution in [0.25, 0.3) is 10.9 Å². The SMILES string of the molecule is CN=C(NCCCc1cc2c(OC)cc(OC)cc2[nH]1)N(C)Cc1csc(C)n1. The van der Waals surface area contributed by atoms with Crippen LogP contribution in [0.1, 0.15) is 22.8 Å². The van der Waals surface area contributed by atoms with Gasteiger partial charge in [-0.2, -0.15) is 0 Å². The van der Waals surface area contributed by atoms with Gasteiger partial charge in [-0.1, -0.05) is 0 Å². The van der Waals surface area contributed by atoms with Crippen LogP contribution < -0.4 is 14.8 Å². The summed E-state index contributed by atoms with van der Waals surface area (Å²) in [7, 11) is 7.18. The molecule has 0 atom stereocenters. The third-order valence-corrected chi connectivity index (χ3v) is 5.55. The summed E-state index contributed by atoms with van der Waals surface area (Å²) >= 11 is 1.67. The number of ether oxygens (including phenoxy) is 2. The van der Waals surface area contributed by atoms with Crippen molar-refractivity contribution in [1.82, 2.24) is 20.2 Å². The highest BCUT2D eigenvalue weighted by Gasteiger charge is 2.10. The lowest BCUT2D eigenvalue weighted by atomic mass is 10.2. The van der Waals surface area contributed by atoms with Gasteiger partial charge in [0.2, 0.25) is 0 Å². The molecule has 0 saturated carbocycles. The van der Waals surface area contributed by atoms with Crippen molar-refractivity contribution in [3.8, 4) is 11.5 Å². The molecule has 7 nitrogen and oxygen atoms in total. The number of thiazole rings is 1. The Hall–Kier alpha value is -2.74. The molecule has 0 bridgehead atoms. The lowest BCUT2D eigenvalue weighted by molar-refractivity contribution is 0.398. The summed E-state index contributed by atoms with van der Waals surface area (Å²) in [5.41, 5.74) is 3.27. The number of rotatable bonds is 8. The van der Waals surface area contributed by atoms with E-state index in [1.165, 1.54) is 5.69 Å². The molecule has 29 heavy (non-hydrogen) atoms. The zero-order valence-electron chi connectivity index (χ0n) is 17.7. The fourth-order valence-electron chi connectivity index (χ4n) is 3.32. The number of hydrogen-bond donors (Lipinski definition) is 2. The number of benzene rings is 1. The molecule has 0 radical (unpaired) electrons. The van der Waals surface area contributed by atoms with Crippen molar-refractivity contribution in [2.24, 2.45) is 4.99 Å². The topological polar surface area (TPSA) is 74.8 Å². The van der Waals surface area contributed by atoms with E-state index in [1.54, 1.807) is 25.6 Å². The van der Waals surface area contributed by atoms with Gasteiger partial charge in [-0.05, 0) is 25.8 Å². The van der Waals surface area contributed by atoms with E-state index in [0.717, 1.165) is 65.0 Å². The fourth-order valence-corrected chi connectivity index (χ4v) is 3.92. The molecule has 2 N–H and O–H groups in total. The first-order valence-electron chi connectivity index (χ1n) is 9.60. The van der Waals surface area contributed by atoms with Crippen LogP contribution in [0.2, 0.25) is 0 Å². The second-order valence-electron chi connectivity index (χ2n) is 6.88. The number of nitrogens with zero attached hydrogens (tertiary/aromatic N) is 3. The highest BCUT2D eigenvalue weighted by Crippen LogP contribution is 2.31. The molecule has 0 spiro atoms. The quantitative estimate of drug-likeness (QED) is 0.334. The number of guanidine groups is 1. The fraction of sp³-hybridized carbons (Fsp3) is 0.429. The second kappa shape index (κ2) is 9.65. The molecule has 0 amide bonds. The zero-order chi connectivity index (χ0) is 20.8. The first-order valence-corrected chi connectivity index (χ1v) is 10.5. The van der Waals surface area contributed by atoms with Crippen molar-refractivity contribution < 1.29 is 9.47 Å². The minimum absolute atomic E-state index is 0.744. The van der Waals surface area contributed by atoms with Crippen molar-refractivity contribution in [2.45, 2.75) is 26.3 Å². The van der Waals surface area contributed by atoms with Gasteiger partial charge in [0.05, 0.1) is 37.0 Å². The molecule has 0 fully saturated rings. The van der Waals surface area contributed by atoms with E-state index in [0.29, 0.717) is 0 Å². The maximum absolute atomic E-state index is 5.49. The number of aromatic nitrogens is 2. The monoisotopic (exact) mass is 415 g/mol. The molecule has 0 aliphatic carbocycles. The van der Waals surface area contributed by atoms with E-state index >= 15 is 0 Å². The molecule has 156 valence electrons. The Morgan fingerprint density at radius 3 is 2.76 bits per heavy atom. The Balaban J connectivity index is 1.54. The predicted molar refractivity (Wildman–Crippen MR) is 119 cm³/mol. The average molecular weight is 416 g/mol. The molecule has 0 unspecified atom stereocenters. The Morgan fingerprint density at radius 2 is 2.10 bits per heavy atom. The summed E-state index contributed by atoms with van der Waals surface area (Å²) in [5, 5.41) is 7.69. The molecule has 0 saturated heterocycles. The summed E-state index contributed by atoms with van der Waals surface area (Å²) in [5.74, 6) is 2.48. The van der Waals surface area contributed by atoms with Gasteiger partial charge in [-0.15, -0.1) is 11.3 Å². The lowest BCUT2D eigenvalue weighted by Crippen LogP contribution is -2.39. The molecule has 3 rings (SSSR count). The lowest BCUT2D eigenvalue weighted by Gasteiger charge is -2.21. The molecule has 3 aromatic rings. The van der Waals surface area contributed by atoms with E-state index < -0.39 is 0 Å². The predicted octanol–water partition coefficient (Wildman–Crippen LogP) is 3.59. The normalized spacial score (nSPS) is 11.7. The first kappa shape index (κ1) is 21.0. The van der Waals surface area contributed by atoms with Crippen molar-refractivity contribution >= 4 is 28.2 Å². The number of hydrogen-bond acceptors (Lipinski definition) is 5. The molecule has 0 aliphatic rings. The van der Waals surface area contributed by atoms with Gasteiger partial charge in [0.15, 0.2) is 5.96 Å². The minimum atomic E-state index is 0.744. The van der Waals surface area contributed by atoms with Crippen LogP contribution in [-0.2, 0) is 13.0 Å². The summed E-state index contributed by atoms with van der Waals surface area (Å²) in [6.45, 7) is 3.60. The van der Waals surface area contributed by atoms with Gasteiger partial charge in [0, 0.05) is 49.2 Å². The average Bonchev–Trinajstić information content (AvgIpc) is 3.32. The van der Waals surface area contributed by atoms with Gasteiger partial charge >= 0.3 is 0 Å². The number of methoxy groups -OCH3 is 2. The van der Waals surface area contributed by atoms with E-state index in [-0.39, 0.29) is 0 Å². The largest absolute Gasteiger partial charge is 0.497 e. The summed E-state index contributed by atoms with van der Waals surface area (Å²) in [6.07, 6.45) is 1.91. The Kier molecular flexibility index (Phi) is 6.98. The molecule has 8 heteroatoms. The summed E-state index contributed by atoms with van der Waals surface area (Å²) < 4.78 is 10.8. The maximum Gasteiger partial charge on any atom is 0.193 e. The number of nitrogens with one attached hydrogen (secondary N) is 2. The van der Waals surface area contributed by atoms with Gasteiger partial charge in [0.25, 0.3) is 0 Å². The smallest absolute Gasteiger partial charge is 0.193 e. The van der Waals surface area contributed by atoms with Crippen LogP contribution in [0.4, 0.5) is 0 Å². The van der Waals surface area contributed by atoms with Crippen molar-refractivity contribution in [1.29, 1.82) is 0 Å². The van der Waals surface area contributed by atoms with E-state index in [4.69, 9.17) is 9.47 Å². The molecule has 1 aromatic carbocycles. The van der Waals surface area contributed by atoms with Gasteiger partial charge < -0.3 is 24.7 Å². The van der Waals surface area contributed by atoms with Crippen LogP contribution in [0.5, 0.6) is 11.5 Å². The molecule has 0 aliphatic heterocycles. The minimum Gasteiger partial charge on any atom is -0.497 e. The number of H-pyrrole nitrogens is 1. The number of fused-ring (bicyclic) bond motifs is 1. The van der Waals surface area contributed by atoms with Crippen molar-refractivity contribution in [3.63, 3.8) is 0 Å². The summed E-state index contributed by atoms with van der Waals surface area (Å²) in [6, 6.07) is 6.06. The highest BCUT2D eigenvalue weighted by molar-refractivity contribution is 7.09. The van der Waals surface area contributed by atoms with Gasteiger partial charge in [0.1, 0.15) is 11.5 Å².